The van der Waals surface area contributed by atoms with E-state index in [0.717, 1.165) is 19.3 Å². The van der Waals surface area contributed by atoms with E-state index in [1.54, 1.807) is 0 Å². The minimum Gasteiger partial charge on any atom is -0.393 e. The molecule has 1 rings (SSSR count). The molecule has 0 heterocycles. The van der Waals surface area contributed by atoms with E-state index in [1.807, 2.05) is 0 Å². The van der Waals surface area contributed by atoms with Crippen LogP contribution in [0.3, 0.4) is 0 Å². The molecule has 5 nitrogen and oxygen atoms in total. The van der Waals surface area contributed by atoms with Crippen LogP contribution in [0.2, 0.25) is 0 Å². The fourth-order valence-corrected chi connectivity index (χ4v) is 2.30. The summed E-state index contributed by atoms with van der Waals surface area (Å²) < 4.78 is 0. The molecule has 17 heavy (non-hydrogen) atoms. The third-order valence-corrected chi connectivity index (χ3v) is 3.32. The highest BCUT2D eigenvalue weighted by atomic mass is 32.1. The van der Waals surface area contributed by atoms with Crippen molar-refractivity contribution in [2.45, 2.75) is 38.3 Å². The second-order valence-corrected chi connectivity index (χ2v) is 4.88. The van der Waals surface area contributed by atoms with Crippen LogP contribution >= 0.6 is 12.6 Å². The van der Waals surface area contributed by atoms with E-state index in [2.05, 4.69) is 23.3 Å². The largest absolute Gasteiger partial charge is 0.393 e. The van der Waals surface area contributed by atoms with Crippen LogP contribution in [-0.4, -0.2) is 41.4 Å². The first-order valence-electron chi connectivity index (χ1n) is 5.86. The Morgan fingerprint density at radius 1 is 1.47 bits per heavy atom. The second-order valence-electron chi connectivity index (χ2n) is 4.51. The highest BCUT2D eigenvalue weighted by molar-refractivity contribution is 7.80. The van der Waals surface area contributed by atoms with Crippen molar-refractivity contribution in [2.75, 3.05) is 12.3 Å². The summed E-state index contributed by atoms with van der Waals surface area (Å²) in [4.78, 5) is 22.6. The fraction of sp³-hybridized carbons (Fsp3) is 0.818. The van der Waals surface area contributed by atoms with Crippen LogP contribution < -0.4 is 10.6 Å². The summed E-state index contributed by atoms with van der Waals surface area (Å²) >= 11 is 4.03. The molecule has 0 radical (unpaired) electrons. The van der Waals surface area contributed by atoms with Crippen molar-refractivity contribution in [1.29, 1.82) is 0 Å². The van der Waals surface area contributed by atoms with Crippen LogP contribution in [0.4, 0.5) is 0 Å². The molecule has 3 unspecified atom stereocenters. The molecule has 0 saturated heterocycles. The van der Waals surface area contributed by atoms with E-state index in [1.165, 1.54) is 6.92 Å². The molecular weight excluding hydrogens is 240 g/mol. The van der Waals surface area contributed by atoms with Gasteiger partial charge in [-0.2, -0.15) is 12.6 Å². The highest BCUT2D eigenvalue weighted by Gasteiger charge is 2.24. The molecule has 0 aromatic carbocycles. The molecule has 1 aliphatic rings. The minimum absolute atomic E-state index is 0.211. The molecular formula is C11H20N2O3S. The quantitative estimate of drug-likeness (QED) is 0.512. The molecule has 0 aromatic heterocycles. The van der Waals surface area contributed by atoms with Crippen molar-refractivity contribution < 1.29 is 14.7 Å². The Labute approximate surface area is 107 Å². The van der Waals surface area contributed by atoms with Crippen molar-refractivity contribution >= 4 is 24.4 Å². The lowest BCUT2D eigenvalue weighted by Gasteiger charge is -2.17. The Morgan fingerprint density at radius 3 is 2.65 bits per heavy atom. The average Bonchev–Trinajstić information content (AvgIpc) is 2.68. The number of carbonyl (C=O) groups is 2. The lowest BCUT2D eigenvalue weighted by molar-refractivity contribution is -0.127. The van der Waals surface area contributed by atoms with Gasteiger partial charge in [0.1, 0.15) is 6.04 Å². The van der Waals surface area contributed by atoms with Gasteiger partial charge < -0.3 is 15.7 Å². The monoisotopic (exact) mass is 260 g/mol. The highest BCUT2D eigenvalue weighted by Crippen LogP contribution is 2.24. The summed E-state index contributed by atoms with van der Waals surface area (Å²) in [5.41, 5.74) is 0. The Hall–Kier alpha value is -0.750. The van der Waals surface area contributed by atoms with Crippen molar-refractivity contribution in [3.05, 3.63) is 0 Å². The molecule has 98 valence electrons. The third kappa shape index (κ3) is 4.95. The summed E-state index contributed by atoms with van der Waals surface area (Å²) in [6.07, 6.45) is 2.26. The maximum absolute atomic E-state index is 11.7. The maximum Gasteiger partial charge on any atom is 0.243 e. The summed E-state index contributed by atoms with van der Waals surface area (Å²) in [6, 6.07) is -0.581. The van der Waals surface area contributed by atoms with Gasteiger partial charge in [0.15, 0.2) is 0 Å². The van der Waals surface area contributed by atoms with Crippen molar-refractivity contribution in [1.82, 2.24) is 10.6 Å². The number of hydrogen-bond donors (Lipinski definition) is 4. The summed E-state index contributed by atoms with van der Waals surface area (Å²) in [5.74, 6) is 0.164. The van der Waals surface area contributed by atoms with E-state index in [9.17, 15) is 14.7 Å². The maximum atomic E-state index is 11.7. The SMILES string of the molecule is CC(=O)NC(CS)C(=O)NCC1CCC(O)C1. The molecule has 2 amide bonds. The lowest BCUT2D eigenvalue weighted by atomic mass is 10.1. The number of aliphatic hydroxyl groups is 1. The van der Waals surface area contributed by atoms with Gasteiger partial charge in [0.2, 0.25) is 11.8 Å². The fourth-order valence-electron chi connectivity index (χ4n) is 2.04. The molecule has 0 spiro atoms. The minimum atomic E-state index is -0.581. The van der Waals surface area contributed by atoms with Gasteiger partial charge in [-0.15, -0.1) is 0 Å². The molecule has 1 aliphatic carbocycles. The van der Waals surface area contributed by atoms with Crippen LogP contribution in [0.1, 0.15) is 26.2 Å². The molecule has 1 saturated carbocycles. The van der Waals surface area contributed by atoms with Crippen LogP contribution in [0.5, 0.6) is 0 Å². The topological polar surface area (TPSA) is 78.4 Å². The zero-order chi connectivity index (χ0) is 12.8. The predicted molar refractivity (Wildman–Crippen MR) is 67.8 cm³/mol. The van der Waals surface area contributed by atoms with Crippen LogP contribution in [0.25, 0.3) is 0 Å². The number of rotatable bonds is 5. The van der Waals surface area contributed by atoms with Gasteiger partial charge in [0, 0.05) is 19.2 Å². The Kier molecular flexibility index (Phi) is 5.77. The van der Waals surface area contributed by atoms with E-state index in [4.69, 9.17) is 0 Å². The zero-order valence-corrected chi connectivity index (χ0v) is 10.9. The first kappa shape index (κ1) is 14.3. The van der Waals surface area contributed by atoms with Gasteiger partial charge in [0.05, 0.1) is 6.10 Å². The van der Waals surface area contributed by atoms with Gasteiger partial charge in [-0.25, -0.2) is 0 Å². The van der Waals surface area contributed by atoms with Crippen LogP contribution in [-0.2, 0) is 9.59 Å². The third-order valence-electron chi connectivity index (χ3n) is 2.96. The first-order chi connectivity index (χ1) is 8.02. The van der Waals surface area contributed by atoms with Gasteiger partial charge in [-0.05, 0) is 25.2 Å². The van der Waals surface area contributed by atoms with E-state index < -0.39 is 6.04 Å². The molecule has 6 heteroatoms. The Balaban J connectivity index is 2.29. The number of hydrogen-bond acceptors (Lipinski definition) is 4. The second kappa shape index (κ2) is 6.86. The lowest BCUT2D eigenvalue weighted by Crippen LogP contribution is -2.48. The van der Waals surface area contributed by atoms with E-state index in [-0.39, 0.29) is 23.7 Å². The van der Waals surface area contributed by atoms with Crippen molar-refractivity contribution in [2.24, 2.45) is 5.92 Å². The molecule has 0 bridgehead atoms. The molecule has 0 aliphatic heterocycles. The van der Waals surface area contributed by atoms with Crippen molar-refractivity contribution in [3.63, 3.8) is 0 Å². The van der Waals surface area contributed by atoms with Gasteiger partial charge >= 0.3 is 0 Å². The zero-order valence-electron chi connectivity index (χ0n) is 9.98. The summed E-state index contributed by atoms with van der Waals surface area (Å²) in [7, 11) is 0. The normalized spacial score (nSPS) is 25.4. The Morgan fingerprint density at radius 2 is 2.18 bits per heavy atom. The molecule has 0 aromatic rings. The standard InChI is InChI=1S/C11H20N2O3S/c1-7(14)13-10(6-17)11(16)12-5-8-2-3-9(15)4-8/h8-10,15,17H,2-6H2,1H3,(H,12,16)(H,13,14). The number of nitrogens with one attached hydrogen (secondary N) is 2. The number of carbonyl (C=O) groups excluding carboxylic acids is 2. The first-order valence-corrected chi connectivity index (χ1v) is 6.50. The smallest absolute Gasteiger partial charge is 0.243 e. The van der Waals surface area contributed by atoms with Crippen LogP contribution in [0, 0.1) is 5.92 Å². The van der Waals surface area contributed by atoms with Crippen LogP contribution in [0.15, 0.2) is 0 Å². The molecule has 3 atom stereocenters. The van der Waals surface area contributed by atoms with E-state index in [0.29, 0.717) is 12.5 Å². The summed E-state index contributed by atoms with van der Waals surface area (Å²) in [6.45, 7) is 1.93. The average molecular weight is 260 g/mol. The summed E-state index contributed by atoms with van der Waals surface area (Å²) in [5, 5.41) is 14.7. The molecule has 3 N–H and O–H groups in total. The number of thiol groups is 1. The Bertz CT molecular complexity index is 286. The van der Waals surface area contributed by atoms with Gasteiger partial charge in [0.25, 0.3) is 0 Å². The number of amides is 2. The number of aliphatic hydroxyl groups excluding tert-OH is 1. The van der Waals surface area contributed by atoms with E-state index >= 15 is 0 Å². The van der Waals surface area contributed by atoms with Gasteiger partial charge in [-0.3, -0.25) is 9.59 Å². The molecule has 1 fully saturated rings. The van der Waals surface area contributed by atoms with Crippen molar-refractivity contribution in [3.8, 4) is 0 Å². The van der Waals surface area contributed by atoms with Gasteiger partial charge in [-0.1, -0.05) is 0 Å². The predicted octanol–water partition coefficient (Wildman–Crippen LogP) is -0.302.